The van der Waals surface area contributed by atoms with Crippen molar-refractivity contribution in [1.82, 2.24) is 24.8 Å². The fourth-order valence-electron chi connectivity index (χ4n) is 6.62. The highest BCUT2D eigenvalue weighted by Gasteiger charge is 2.56. The molecule has 5 heterocycles. The summed E-state index contributed by atoms with van der Waals surface area (Å²) in [5, 5.41) is 0. The number of nitrogens with zero attached hydrogens (tertiary/aromatic N) is 6. The second kappa shape index (κ2) is 9.37. The summed E-state index contributed by atoms with van der Waals surface area (Å²) in [6, 6.07) is 4.13. The van der Waals surface area contributed by atoms with Crippen molar-refractivity contribution >= 4 is 5.82 Å². The molecule has 0 bridgehead atoms. The first-order valence-electron chi connectivity index (χ1n) is 13.4. The van der Waals surface area contributed by atoms with Crippen LogP contribution in [-0.2, 0) is 4.74 Å². The largest absolute Gasteiger partial charge is 0.353 e. The second-order valence-electron chi connectivity index (χ2n) is 11.1. The van der Waals surface area contributed by atoms with Crippen LogP contribution in [0.15, 0.2) is 24.7 Å². The van der Waals surface area contributed by atoms with Crippen LogP contribution in [0.25, 0.3) is 11.3 Å². The van der Waals surface area contributed by atoms with Gasteiger partial charge in [0.1, 0.15) is 24.2 Å². The van der Waals surface area contributed by atoms with Crippen LogP contribution in [0.2, 0.25) is 0 Å². The minimum Gasteiger partial charge on any atom is -0.353 e. The van der Waals surface area contributed by atoms with Gasteiger partial charge in [-0.15, -0.1) is 0 Å². The smallest absolute Gasteiger partial charge is 0.142 e. The van der Waals surface area contributed by atoms with E-state index in [1.165, 1.54) is 64.1 Å². The predicted octanol–water partition coefficient (Wildman–Crippen LogP) is 3.88. The molecule has 6 rings (SSSR count). The Kier molecular flexibility index (Phi) is 6.23. The zero-order valence-corrected chi connectivity index (χ0v) is 21.0. The summed E-state index contributed by atoms with van der Waals surface area (Å²) in [6.07, 6.45) is 11.5. The van der Waals surface area contributed by atoms with Crippen molar-refractivity contribution in [3.63, 3.8) is 0 Å². The number of epoxide rings is 1. The maximum atomic E-state index is 14.1. The Balaban J connectivity index is 1.04. The van der Waals surface area contributed by atoms with Crippen LogP contribution in [0.4, 0.5) is 10.2 Å². The van der Waals surface area contributed by atoms with Crippen LogP contribution in [0.5, 0.6) is 0 Å². The lowest BCUT2D eigenvalue weighted by molar-refractivity contribution is -0.0311. The molecule has 0 amide bonds. The molecule has 1 aliphatic carbocycles. The zero-order valence-electron chi connectivity index (χ0n) is 21.0. The van der Waals surface area contributed by atoms with Gasteiger partial charge < -0.3 is 9.64 Å². The van der Waals surface area contributed by atoms with Crippen LogP contribution in [0, 0.1) is 18.2 Å². The lowest BCUT2D eigenvalue weighted by Crippen LogP contribution is -2.57. The van der Waals surface area contributed by atoms with E-state index in [4.69, 9.17) is 4.74 Å². The number of hydrogen-bond donors (Lipinski definition) is 0. The Labute approximate surface area is 207 Å². The summed E-state index contributed by atoms with van der Waals surface area (Å²) >= 11 is 0. The lowest BCUT2D eigenvalue weighted by Gasteiger charge is -2.48. The maximum absolute atomic E-state index is 14.1. The van der Waals surface area contributed by atoms with Crippen LogP contribution in [0.3, 0.4) is 0 Å². The summed E-state index contributed by atoms with van der Waals surface area (Å²) < 4.78 is 20.0. The minimum absolute atomic E-state index is 0.335. The number of ether oxygens (including phenoxy) is 1. The molecular weight excluding hydrogens is 443 g/mol. The monoisotopic (exact) mass is 480 g/mol. The second-order valence-corrected chi connectivity index (χ2v) is 11.1. The molecule has 3 saturated heterocycles. The van der Waals surface area contributed by atoms with E-state index < -0.39 is 0 Å². The van der Waals surface area contributed by atoms with Gasteiger partial charge in [-0.2, -0.15) is 0 Å². The van der Waals surface area contributed by atoms with Gasteiger partial charge in [-0.1, -0.05) is 19.8 Å². The quantitative estimate of drug-likeness (QED) is 0.558. The van der Waals surface area contributed by atoms with E-state index >= 15 is 0 Å². The van der Waals surface area contributed by atoms with Crippen molar-refractivity contribution in [1.29, 1.82) is 0 Å². The predicted molar refractivity (Wildman–Crippen MR) is 134 cm³/mol. The highest BCUT2D eigenvalue weighted by molar-refractivity contribution is 5.73. The average Bonchev–Trinajstić information content (AvgIpc) is 3.47. The number of unbranched alkanes of at least 4 members (excludes halogenated alkanes) is 1. The minimum atomic E-state index is -0.335. The molecule has 3 atom stereocenters. The topological polar surface area (TPSA) is 60.9 Å². The maximum Gasteiger partial charge on any atom is 0.142 e. The number of aromatic nitrogens is 3. The van der Waals surface area contributed by atoms with E-state index in [1.54, 1.807) is 6.07 Å². The van der Waals surface area contributed by atoms with Gasteiger partial charge in [0.05, 0.1) is 18.0 Å². The first-order valence-corrected chi connectivity index (χ1v) is 13.4. The Hall–Kier alpha value is -2.16. The van der Waals surface area contributed by atoms with E-state index in [9.17, 15) is 4.39 Å². The molecule has 4 aliphatic rings. The SMILES string of the molecule is CCCCC1OC1N1CC2(CC[C@@H](N3CCN(c4ncc(F)cc4-c4cc(C)ncn4)CC3)C2)C1. The molecule has 1 saturated carbocycles. The number of anilines is 1. The summed E-state index contributed by atoms with van der Waals surface area (Å²) in [6.45, 7) is 10.5. The van der Waals surface area contributed by atoms with Crippen molar-refractivity contribution in [2.75, 3.05) is 44.2 Å². The van der Waals surface area contributed by atoms with Gasteiger partial charge in [0, 0.05) is 56.6 Å². The number of halogens is 1. The molecule has 0 N–H and O–H groups in total. The number of hydrogen-bond acceptors (Lipinski definition) is 7. The highest BCUT2D eigenvalue weighted by atomic mass is 19.1. The summed E-state index contributed by atoms with van der Waals surface area (Å²) in [7, 11) is 0. The molecule has 35 heavy (non-hydrogen) atoms. The molecular formula is C27H37FN6O. The van der Waals surface area contributed by atoms with E-state index in [-0.39, 0.29) is 5.82 Å². The van der Waals surface area contributed by atoms with Crippen molar-refractivity contribution in [2.45, 2.75) is 70.7 Å². The molecule has 1 spiro atoms. The Morgan fingerprint density at radius 2 is 1.91 bits per heavy atom. The normalized spacial score (nSPS) is 28.4. The van der Waals surface area contributed by atoms with Gasteiger partial charge >= 0.3 is 0 Å². The number of piperazine rings is 1. The van der Waals surface area contributed by atoms with Crippen LogP contribution in [-0.4, -0.2) is 82.4 Å². The third-order valence-electron chi connectivity index (χ3n) is 8.55. The van der Waals surface area contributed by atoms with E-state index in [0.29, 0.717) is 23.8 Å². The van der Waals surface area contributed by atoms with Gasteiger partial charge in [-0.25, -0.2) is 19.3 Å². The van der Waals surface area contributed by atoms with Crippen molar-refractivity contribution < 1.29 is 9.13 Å². The molecule has 8 heteroatoms. The fraction of sp³-hybridized carbons (Fsp3) is 0.667. The third-order valence-corrected chi connectivity index (χ3v) is 8.55. The first kappa shape index (κ1) is 23.3. The van der Waals surface area contributed by atoms with Crippen LogP contribution < -0.4 is 4.90 Å². The lowest BCUT2D eigenvalue weighted by atomic mass is 9.78. The van der Waals surface area contributed by atoms with Crippen LogP contribution in [0.1, 0.15) is 51.1 Å². The zero-order chi connectivity index (χ0) is 24.0. The number of aryl methyl sites for hydroxylation is 1. The number of pyridine rings is 1. The number of rotatable bonds is 7. The van der Waals surface area contributed by atoms with Crippen LogP contribution >= 0.6 is 0 Å². The molecule has 7 nitrogen and oxygen atoms in total. The van der Waals surface area contributed by atoms with Crippen molar-refractivity contribution in [2.24, 2.45) is 5.41 Å². The summed E-state index contributed by atoms with van der Waals surface area (Å²) in [4.78, 5) is 20.6. The third kappa shape index (κ3) is 4.68. The first-order chi connectivity index (χ1) is 17.0. The molecule has 0 radical (unpaired) electrons. The average molecular weight is 481 g/mol. The molecule has 2 aromatic heterocycles. The Bertz CT molecular complexity index is 1050. The van der Waals surface area contributed by atoms with Gasteiger partial charge in [0.2, 0.25) is 0 Å². The van der Waals surface area contributed by atoms with Gasteiger partial charge in [0.15, 0.2) is 0 Å². The van der Waals surface area contributed by atoms with E-state index in [1.807, 2.05) is 13.0 Å². The fourth-order valence-corrected chi connectivity index (χ4v) is 6.62. The standard InChI is InChI=1S/C27H37FN6O/c1-3-4-5-24-26(35-24)34-16-27(17-34)7-6-21(14-27)32-8-10-33(11-9-32)25-22(13-20(28)15-29-25)23-12-19(2)30-18-31-23/h12-13,15,18,21,24,26H,3-11,14,16-17H2,1-2H3/t21-,24?,26?/m1/s1. The summed E-state index contributed by atoms with van der Waals surface area (Å²) in [5.74, 6) is 0.487. The number of likely N-dealkylation sites (tertiary alicyclic amines) is 1. The summed E-state index contributed by atoms with van der Waals surface area (Å²) in [5.41, 5.74) is 2.85. The highest BCUT2D eigenvalue weighted by Crippen LogP contribution is 2.50. The molecule has 2 aromatic rings. The van der Waals surface area contributed by atoms with Gasteiger partial charge in [0.25, 0.3) is 0 Å². The molecule has 3 aliphatic heterocycles. The van der Waals surface area contributed by atoms with Gasteiger partial charge in [-0.3, -0.25) is 9.80 Å². The molecule has 0 aromatic carbocycles. The Morgan fingerprint density at radius 3 is 2.69 bits per heavy atom. The van der Waals surface area contributed by atoms with E-state index in [2.05, 4.69) is 36.6 Å². The van der Waals surface area contributed by atoms with E-state index in [0.717, 1.165) is 48.9 Å². The molecule has 4 fully saturated rings. The molecule has 2 unspecified atom stereocenters. The van der Waals surface area contributed by atoms with Crippen molar-refractivity contribution in [3.05, 3.63) is 36.2 Å². The van der Waals surface area contributed by atoms with Gasteiger partial charge in [-0.05, 0) is 50.2 Å². The Morgan fingerprint density at radius 1 is 1.09 bits per heavy atom. The van der Waals surface area contributed by atoms with Crippen molar-refractivity contribution in [3.8, 4) is 11.3 Å². The molecule has 188 valence electrons.